The zero-order valence-corrected chi connectivity index (χ0v) is 15.5. The molecule has 3 N–H and O–H groups in total. The molecule has 2 aliphatic heterocycles. The van der Waals surface area contributed by atoms with Crippen LogP contribution in [0.4, 0.5) is 11.6 Å². The van der Waals surface area contributed by atoms with Crippen molar-refractivity contribution in [3.8, 4) is 0 Å². The van der Waals surface area contributed by atoms with E-state index in [4.69, 9.17) is 4.98 Å². The molecular formula is C20H27N5O. The zero-order chi connectivity index (χ0) is 18.1. The van der Waals surface area contributed by atoms with Crippen LogP contribution in [-0.4, -0.2) is 51.8 Å². The van der Waals surface area contributed by atoms with Crippen molar-refractivity contribution >= 4 is 11.6 Å². The molecule has 0 aliphatic carbocycles. The summed E-state index contributed by atoms with van der Waals surface area (Å²) in [6, 6.07) is 6.55. The Balaban J connectivity index is 1.48. The lowest BCUT2D eigenvalue weighted by Crippen LogP contribution is -2.55. The van der Waals surface area contributed by atoms with Crippen LogP contribution in [-0.2, 0) is 13.0 Å². The third kappa shape index (κ3) is 3.72. The maximum absolute atomic E-state index is 10.3. The van der Waals surface area contributed by atoms with E-state index in [9.17, 15) is 5.11 Å². The summed E-state index contributed by atoms with van der Waals surface area (Å²) >= 11 is 0. The molecule has 4 rings (SSSR count). The highest BCUT2D eigenvalue weighted by Gasteiger charge is 2.31. The summed E-state index contributed by atoms with van der Waals surface area (Å²) < 4.78 is 0. The minimum Gasteiger partial charge on any atom is -0.391 e. The number of benzene rings is 1. The van der Waals surface area contributed by atoms with Crippen LogP contribution in [0, 0.1) is 13.8 Å². The molecule has 0 radical (unpaired) electrons. The van der Waals surface area contributed by atoms with Crippen LogP contribution < -0.4 is 10.6 Å². The number of nitrogens with zero attached hydrogens (tertiary/aromatic N) is 3. The molecule has 1 saturated heterocycles. The number of aryl methyl sites for hydroxylation is 2. The predicted molar refractivity (Wildman–Crippen MR) is 103 cm³/mol. The fourth-order valence-electron chi connectivity index (χ4n) is 4.06. The summed E-state index contributed by atoms with van der Waals surface area (Å²) in [5.74, 6) is 0.654. The number of hydrogen-bond acceptors (Lipinski definition) is 6. The fraction of sp³-hybridized carbons (Fsp3) is 0.500. The first-order chi connectivity index (χ1) is 12.6. The number of piperidine rings is 1. The quantitative estimate of drug-likeness (QED) is 0.783. The van der Waals surface area contributed by atoms with E-state index in [2.05, 4.69) is 52.6 Å². The Labute approximate surface area is 154 Å². The molecule has 2 atom stereocenters. The normalized spacial score (nSPS) is 23.5. The number of hydrogen-bond donors (Lipinski definition) is 3. The number of aromatic nitrogens is 2. The average molecular weight is 353 g/mol. The Kier molecular flexibility index (Phi) is 4.89. The van der Waals surface area contributed by atoms with Crippen molar-refractivity contribution < 1.29 is 5.11 Å². The highest BCUT2D eigenvalue weighted by Crippen LogP contribution is 2.24. The van der Waals surface area contributed by atoms with Crippen LogP contribution in [0.15, 0.2) is 24.4 Å². The van der Waals surface area contributed by atoms with Gasteiger partial charge in [0.2, 0.25) is 5.95 Å². The van der Waals surface area contributed by atoms with E-state index in [1.165, 1.54) is 16.7 Å². The second-order valence-electron chi connectivity index (χ2n) is 7.51. The van der Waals surface area contributed by atoms with Gasteiger partial charge in [0, 0.05) is 49.5 Å². The molecule has 2 unspecified atom stereocenters. The van der Waals surface area contributed by atoms with Gasteiger partial charge in [-0.1, -0.05) is 6.07 Å². The molecule has 2 aliphatic rings. The van der Waals surface area contributed by atoms with Crippen LogP contribution in [0.3, 0.4) is 0 Å². The monoisotopic (exact) mass is 353 g/mol. The van der Waals surface area contributed by atoms with E-state index in [0.717, 1.165) is 50.4 Å². The number of fused-ring (bicyclic) bond motifs is 1. The van der Waals surface area contributed by atoms with Crippen LogP contribution in [0.25, 0.3) is 0 Å². The second kappa shape index (κ2) is 7.31. The first kappa shape index (κ1) is 17.4. The molecular weight excluding hydrogens is 326 g/mol. The third-order valence-electron chi connectivity index (χ3n) is 5.32. The van der Waals surface area contributed by atoms with Gasteiger partial charge in [-0.2, -0.15) is 0 Å². The van der Waals surface area contributed by atoms with Gasteiger partial charge in [-0.3, -0.25) is 4.90 Å². The molecule has 0 spiro atoms. The molecule has 3 heterocycles. The minimum absolute atomic E-state index is 0.185. The highest BCUT2D eigenvalue weighted by molar-refractivity contribution is 5.56. The van der Waals surface area contributed by atoms with Crippen molar-refractivity contribution in [2.24, 2.45) is 0 Å². The average Bonchev–Trinajstić information content (AvgIpc) is 2.61. The summed E-state index contributed by atoms with van der Waals surface area (Å²) in [7, 11) is 0. The van der Waals surface area contributed by atoms with Crippen molar-refractivity contribution in [3.05, 3.63) is 46.8 Å². The first-order valence-corrected chi connectivity index (χ1v) is 9.41. The second-order valence-corrected chi connectivity index (χ2v) is 7.51. The van der Waals surface area contributed by atoms with Crippen molar-refractivity contribution in [1.29, 1.82) is 0 Å². The van der Waals surface area contributed by atoms with Gasteiger partial charge in [0.25, 0.3) is 0 Å². The van der Waals surface area contributed by atoms with Crippen molar-refractivity contribution in [2.45, 2.75) is 45.4 Å². The van der Waals surface area contributed by atoms with Crippen molar-refractivity contribution in [1.82, 2.24) is 20.2 Å². The summed E-state index contributed by atoms with van der Waals surface area (Å²) in [5, 5.41) is 17.0. The van der Waals surface area contributed by atoms with Gasteiger partial charge in [-0.05, 0) is 50.1 Å². The van der Waals surface area contributed by atoms with Gasteiger partial charge >= 0.3 is 0 Å². The smallest absolute Gasteiger partial charge is 0.227 e. The Hall–Kier alpha value is -2.02. The number of anilines is 2. The molecule has 2 aromatic rings. The van der Waals surface area contributed by atoms with E-state index >= 15 is 0 Å². The van der Waals surface area contributed by atoms with Gasteiger partial charge in [-0.25, -0.2) is 9.97 Å². The number of nitrogens with one attached hydrogen (secondary N) is 2. The highest BCUT2D eigenvalue weighted by atomic mass is 16.3. The van der Waals surface area contributed by atoms with E-state index < -0.39 is 0 Å². The van der Waals surface area contributed by atoms with Gasteiger partial charge in [0.15, 0.2) is 0 Å². The van der Waals surface area contributed by atoms with Crippen molar-refractivity contribution in [3.63, 3.8) is 0 Å². The van der Waals surface area contributed by atoms with Crippen LogP contribution in [0.2, 0.25) is 0 Å². The molecule has 6 heteroatoms. The molecule has 138 valence electrons. The van der Waals surface area contributed by atoms with E-state index in [0.29, 0.717) is 5.95 Å². The van der Waals surface area contributed by atoms with Gasteiger partial charge in [-0.15, -0.1) is 0 Å². The molecule has 0 saturated carbocycles. The summed E-state index contributed by atoms with van der Waals surface area (Å²) in [4.78, 5) is 11.6. The fourth-order valence-corrected chi connectivity index (χ4v) is 4.06. The molecule has 6 nitrogen and oxygen atoms in total. The lowest BCUT2D eigenvalue weighted by Gasteiger charge is -2.40. The molecule has 26 heavy (non-hydrogen) atoms. The van der Waals surface area contributed by atoms with E-state index in [1.807, 2.05) is 6.20 Å². The SMILES string of the molecule is Cc1cc(C)cc(Nc2ncc3c(n2)CCN(C2CNCCC2O)C3)c1. The van der Waals surface area contributed by atoms with E-state index in [1.54, 1.807) is 0 Å². The standard InChI is InChI=1S/C20H27N5O/c1-13-7-14(2)9-16(8-13)23-20-22-10-15-12-25(6-4-17(15)24-20)18-11-21-5-3-19(18)26/h7-10,18-19,21,26H,3-6,11-12H2,1-2H3,(H,22,23,24). The minimum atomic E-state index is -0.246. The molecule has 1 aromatic heterocycles. The summed E-state index contributed by atoms with van der Waals surface area (Å²) in [6.07, 6.45) is 3.40. The maximum atomic E-state index is 10.3. The summed E-state index contributed by atoms with van der Waals surface area (Å²) in [6.45, 7) is 7.67. The topological polar surface area (TPSA) is 73.3 Å². The molecule has 1 aromatic carbocycles. The summed E-state index contributed by atoms with van der Waals surface area (Å²) in [5.41, 5.74) is 5.75. The first-order valence-electron chi connectivity index (χ1n) is 9.41. The largest absolute Gasteiger partial charge is 0.391 e. The lowest BCUT2D eigenvalue weighted by molar-refractivity contribution is 0.0211. The van der Waals surface area contributed by atoms with Crippen molar-refractivity contribution in [2.75, 3.05) is 25.0 Å². The number of rotatable bonds is 3. The van der Waals surface area contributed by atoms with Gasteiger partial charge < -0.3 is 15.7 Å². The van der Waals surface area contributed by atoms with E-state index in [-0.39, 0.29) is 12.1 Å². The Morgan fingerprint density at radius 2 is 2.04 bits per heavy atom. The van der Waals surface area contributed by atoms with Gasteiger partial charge in [0.1, 0.15) is 0 Å². The van der Waals surface area contributed by atoms with Gasteiger partial charge in [0.05, 0.1) is 11.8 Å². The maximum Gasteiger partial charge on any atom is 0.227 e. The lowest BCUT2D eigenvalue weighted by atomic mass is 9.98. The molecule has 1 fully saturated rings. The zero-order valence-electron chi connectivity index (χ0n) is 15.5. The predicted octanol–water partition coefficient (Wildman–Crippen LogP) is 1.92. The Morgan fingerprint density at radius 1 is 1.23 bits per heavy atom. The molecule has 0 bridgehead atoms. The van der Waals surface area contributed by atoms with Crippen LogP contribution >= 0.6 is 0 Å². The number of aliphatic hydroxyl groups is 1. The Bertz CT molecular complexity index is 774. The van der Waals surface area contributed by atoms with Crippen LogP contribution in [0.1, 0.15) is 28.8 Å². The Morgan fingerprint density at radius 3 is 2.81 bits per heavy atom. The van der Waals surface area contributed by atoms with Crippen LogP contribution in [0.5, 0.6) is 0 Å². The number of aliphatic hydroxyl groups excluding tert-OH is 1. The molecule has 0 amide bonds. The third-order valence-corrected chi connectivity index (χ3v) is 5.32.